The first-order valence-corrected chi connectivity index (χ1v) is 2.96. The van der Waals surface area contributed by atoms with Crippen molar-refractivity contribution in [1.82, 2.24) is 0 Å². The van der Waals surface area contributed by atoms with E-state index in [0.29, 0.717) is 26.1 Å². The molecule has 3 nitrogen and oxygen atoms in total. The molecule has 0 unspecified atom stereocenters. The van der Waals surface area contributed by atoms with Gasteiger partial charge in [0.05, 0.1) is 0 Å². The predicted octanol–water partition coefficient (Wildman–Crippen LogP) is -0.362. The van der Waals surface area contributed by atoms with E-state index in [1.54, 1.807) is 6.29 Å². The van der Waals surface area contributed by atoms with Crippen molar-refractivity contribution in [2.75, 3.05) is 13.2 Å². The van der Waals surface area contributed by atoms with E-state index in [2.05, 4.69) is 0 Å². The van der Waals surface area contributed by atoms with Crippen LogP contribution in [0.25, 0.3) is 0 Å². The van der Waals surface area contributed by atoms with Crippen molar-refractivity contribution >= 4 is 6.29 Å². The number of aliphatic hydroxyl groups is 1. The molecule has 1 rings (SSSR count). The summed E-state index contributed by atoms with van der Waals surface area (Å²) < 4.78 is 4.93. The lowest BCUT2D eigenvalue weighted by Gasteiger charge is -2.24. The van der Waals surface area contributed by atoms with Crippen LogP contribution >= 0.6 is 0 Å². The molecule has 0 bridgehead atoms. The van der Waals surface area contributed by atoms with Crippen LogP contribution in [-0.2, 0) is 9.53 Å². The van der Waals surface area contributed by atoms with Gasteiger partial charge in [-0.25, -0.2) is 0 Å². The Labute approximate surface area is 53.6 Å². The quantitative estimate of drug-likeness (QED) is 0.525. The molecule has 1 aliphatic heterocycles. The van der Waals surface area contributed by atoms with E-state index in [4.69, 9.17) is 4.74 Å². The van der Waals surface area contributed by atoms with Crippen molar-refractivity contribution in [3.63, 3.8) is 0 Å². The Morgan fingerprint density at radius 2 is 2.00 bits per heavy atom. The molecule has 1 radical (unpaired) electrons. The van der Waals surface area contributed by atoms with Crippen LogP contribution in [0.2, 0.25) is 0 Å². The number of ether oxygens (including phenoxy) is 1. The first kappa shape index (κ1) is 6.71. The third-order valence-corrected chi connectivity index (χ3v) is 1.51. The zero-order chi connectivity index (χ0) is 6.74. The van der Waals surface area contributed by atoms with Gasteiger partial charge < -0.3 is 9.84 Å². The molecule has 0 saturated carbocycles. The van der Waals surface area contributed by atoms with E-state index in [1.165, 1.54) is 0 Å². The van der Waals surface area contributed by atoms with Crippen molar-refractivity contribution in [1.29, 1.82) is 0 Å². The van der Waals surface area contributed by atoms with Crippen LogP contribution in [0.5, 0.6) is 0 Å². The third-order valence-electron chi connectivity index (χ3n) is 1.51. The van der Waals surface area contributed by atoms with Crippen molar-refractivity contribution in [3.8, 4) is 0 Å². The van der Waals surface area contributed by atoms with Crippen molar-refractivity contribution < 1.29 is 14.6 Å². The van der Waals surface area contributed by atoms with Gasteiger partial charge in [0.1, 0.15) is 5.60 Å². The molecule has 1 heterocycles. The van der Waals surface area contributed by atoms with Crippen LogP contribution in [0.4, 0.5) is 0 Å². The topological polar surface area (TPSA) is 46.5 Å². The maximum Gasteiger partial charge on any atom is 0.233 e. The average Bonchev–Trinajstić information content (AvgIpc) is 1.90. The molecule has 1 aliphatic rings. The second-order valence-electron chi connectivity index (χ2n) is 2.25. The minimum absolute atomic E-state index is 0.385. The molecule has 0 aromatic heterocycles. The number of hydrogen-bond donors (Lipinski definition) is 1. The molecule has 1 saturated heterocycles. The van der Waals surface area contributed by atoms with Gasteiger partial charge in [0.15, 0.2) is 0 Å². The fourth-order valence-electron chi connectivity index (χ4n) is 0.811. The molecule has 1 fully saturated rings. The van der Waals surface area contributed by atoms with Gasteiger partial charge in [-0.1, -0.05) is 0 Å². The van der Waals surface area contributed by atoms with Crippen molar-refractivity contribution in [2.45, 2.75) is 18.4 Å². The van der Waals surface area contributed by atoms with Gasteiger partial charge in [0.2, 0.25) is 6.29 Å². The SMILES string of the molecule is O=[C]C1(O)CCOCC1. The summed E-state index contributed by atoms with van der Waals surface area (Å²) in [5.41, 5.74) is -1.21. The molecule has 0 aliphatic carbocycles. The van der Waals surface area contributed by atoms with Crippen LogP contribution in [0.1, 0.15) is 12.8 Å². The largest absolute Gasteiger partial charge is 0.381 e. The second kappa shape index (κ2) is 2.45. The summed E-state index contributed by atoms with van der Waals surface area (Å²) in [5, 5.41) is 9.18. The minimum atomic E-state index is -1.21. The van der Waals surface area contributed by atoms with E-state index in [1.807, 2.05) is 0 Å². The maximum atomic E-state index is 10.1. The van der Waals surface area contributed by atoms with Gasteiger partial charge in [-0.3, -0.25) is 4.79 Å². The summed E-state index contributed by atoms with van der Waals surface area (Å²) in [4.78, 5) is 10.1. The van der Waals surface area contributed by atoms with Crippen LogP contribution in [0.15, 0.2) is 0 Å². The number of hydrogen-bond acceptors (Lipinski definition) is 3. The lowest BCUT2D eigenvalue weighted by Crippen LogP contribution is -2.37. The molecule has 51 valence electrons. The first-order valence-electron chi connectivity index (χ1n) is 2.96. The van der Waals surface area contributed by atoms with Gasteiger partial charge in [-0.2, -0.15) is 0 Å². The molecule has 0 spiro atoms. The Morgan fingerprint density at radius 3 is 2.33 bits per heavy atom. The van der Waals surface area contributed by atoms with Gasteiger partial charge in [0.25, 0.3) is 0 Å². The number of rotatable bonds is 1. The molecule has 0 aromatic carbocycles. The monoisotopic (exact) mass is 129 g/mol. The fourth-order valence-corrected chi connectivity index (χ4v) is 0.811. The van der Waals surface area contributed by atoms with Crippen molar-refractivity contribution in [2.24, 2.45) is 0 Å². The van der Waals surface area contributed by atoms with Gasteiger partial charge >= 0.3 is 0 Å². The summed E-state index contributed by atoms with van der Waals surface area (Å²) in [6.45, 7) is 0.928. The van der Waals surface area contributed by atoms with E-state index >= 15 is 0 Å². The molecule has 0 aromatic rings. The summed E-state index contributed by atoms with van der Waals surface area (Å²) in [7, 11) is 0. The highest BCUT2D eigenvalue weighted by atomic mass is 16.5. The van der Waals surface area contributed by atoms with Gasteiger partial charge in [0, 0.05) is 26.1 Å². The zero-order valence-corrected chi connectivity index (χ0v) is 5.09. The van der Waals surface area contributed by atoms with Crippen LogP contribution in [0.3, 0.4) is 0 Å². The Balaban J connectivity index is 2.46. The average molecular weight is 129 g/mol. The standard InChI is InChI=1S/C6H9O3/c7-5-6(8)1-3-9-4-2-6/h8H,1-4H2. The first-order chi connectivity index (χ1) is 4.27. The van der Waals surface area contributed by atoms with Crippen LogP contribution in [-0.4, -0.2) is 30.2 Å². The Bertz CT molecular complexity index is 105. The molecular formula is C6H9O3. The maximum absolute atomic E-state index is 10.1. The Hall–Kier alpha value is -0.410. The smallest absolute Gasteiger partial charge is 0.233 e. The molecule has 9 heavy (non-hydrogen) atoms. The highest BCUT2D eigenvalue weighted by Gasteiger charge is 2.29. The van der Waals surface area contributed by atoms with E-state index in [0.717, 1.165) is 0 Å². The van der Waals surface area contributed by atoms with Crippen LogP contribution in [0, 0.1) is 0 Å². The molecular weight excluding hydrogens is 120 g/mol. The predicted molar refractivity (Wildman–Crippen MR) is 30.7 cm³/mol. The molecule has 1 N–H and O–H groups in total. The van der Waals surface area contributed by atoms with Crippen LogP contribution < -0.4 is 0 Å². The summed E-state index contributed by atoms with van der Waals surface area (Å²) in [6.07, 6.45) is 2.38. The molecule has 0 atom stereocenters. The molecule has 3 heteroatoms. The summed E-state index contributed by atoms with van der Waals surface area (Å²) in [6, 6.07) is 0. The van der Waals surface area contributed by atoms with Crippen molar-refractivity contribution in [3.05, 3.63) is 0 Å². The highest BCUT2D eigenvalue weighted by molar-refractivity contribution is 5.62. The zero-order valence-electron chi connectivity index (χ0n) is 5.09. The minimum Gasteiger partial charge on any atom is -0.381 e. The lowest BCUT2D eigenvalue weighted by atomic mass is 9.97. The normalized spacial score (nSPS) is 25.4. The highest BCUT2D eigenvalue weighted by Crippen LogP contribution is 2.16. The van der Waals surface area contributed by atoms with Gasteiger partial charge in [-0.15, -0.1) is 0 Å². The lowest BCUT2D eigenvalue weighted by molar-refractivity contribution is -0.0210. The second-order valence-corrected chi connectivity index (χ2v) is 2.25. The fraction of sp³-hybridized carbons (Fsp3) is 0.833. The molecule has 0 amide bonds. The van der Waals surface area contributed by atoms with E-state index in [-0.39, 0.29) is 0 Å². The Morgan fingerprint density at radius 1 is 1.44 bits per heavy atom. The van der Waals surface area contributed by atoms with Gasteiger partial charge in [-0.05, 0) is 0 Å². The summed E-state index contributed by atoms with van der Waals surface area (Å²) in [5.74, 6) is 0. The third kappa shape index (κ3) is 1.50. The van der Waals surface area contributed by atoms with E-state index < -0.39 is 5.60 Å². The Kier molecular flexibility index (Phi) is 1.83. The van der Waals surface area contributed by atoms with E-state index in [9.17, 15) is 9.90 Å². The summed E-state index contributed by atoms with van der Waals surface area (Å²) >= 11 is 0. The number of carbonyl (C=O) groups excluding carboxylic acids is 1.